The normalized spacial score (nSPS) is 21.8. The smallest absolute Gasteiger partial charge is 0.257 e. The number of hydrogen-bond donors (Lipinski definition) is 1. The van der Waals surface area contributed by atoms with Gasteiger partial charge in [-0.25, -0.2) is 8.78 Å². The molecule has 0 saturated heterocycles. The van der Waals surface area contributed by atoms with Crippen molar-refractivity contribution in [3.63, 3.8) is 0 Å². The Labute approximate surface area is 82.1 Å². The minimum atomic E-state index is -2.32. The Balaban J connectivity index is 2.37. The van der Waals surface area contributed by atoms with Crippen molar-refractivity contribution >= 4 is 0 Å². The van der Waals surface area contributed by atoms with Crippen LogP contribution in [0.1, 0.15) is 23.6 Å². The standard InChI is InChI=1S/C11H13F2N/c12-11(13)10-9-6-2-1-4-8(9)5-3-7-14-10/h1-2,4,6,10-11,14H,3,5,7H2. The molecule has 1 aliphatic rings. The highest BCUT2D eigenvalue weighted by molar-refractivity contribution is 5.31. The van der Waals surface area contributed by atoms with E-state index in [1.165, 1.54) is 0 Å². The van der Waals surface area contributed by atoms with Gasteiger partial charge in [-0.2, -0.15) is 0 Å². The largest absolute Gasteiger partial charge is 0.305 e. The third-order valence-electron chi connectivity index (χ3n) is 2.63. The van der Waals surface area contributed by atoms with Gasteiger partial charge in [0.2, 0.25) is 0 Å². The van der Waals surface area contributed by atoms with E-state index in [2.05, 4.69) is 5.32 Å². The van der Waals surface area contributed by atoms with Crippen LogP contribution in [0, 0.1) is 0 Å². The van der Waals surface area contributed by atoms with Crippen molar-refractivity contribution in [2.75, 3.05) is 6.54 Å². The molecule has 1 nitrogen and oxygen atoms in total. The molecule has 1 unspecified atom stereocenters. The molecule has 1 heterocycles. The van der Waals surface area contributed by atoms with Crippen molar-refractivity contribution in [2.45, 2.75) is 25.3 Å². The van der Waals surface area contributed by atoms with Gasteiger partial charge >= 0.3 is 0 Å². The van der Waals surface area contributed by atoms with E-state index in [0.717, 1.165) is 24.0 Å². The lowest BCUT2D eigenvalue weighted by Gasteiger charge is -2.17. The van der Waals surface area contributed by atoms with E-state index in [1.807, 2.05) is 18.2 Å². The zero-order valence-electron chi connectivity index (χ0n) is 7.84. The highest BCUT2D eigenvalue weighted by atomic mass is 19.3. The van der Waals surface area contributed by atoms with Crippen LogP contribution in [-0.4, -0.2) is 13.0 Å². The summed E-state index contributed by atoms with van der Waals surface area (Å²) in [6.45, 7) is 0.670. The van der Waals surface area contributed by atoms with Crippen molar-refractivity contribution in [3.8, 4) is 0 Å². The molecule has 0 radical (unpaired) electrons. The third-order valence-corrected chi connectivity index (χ3v) is 2.63. The number of fused-ring (bicyclic) bond motifs is 1. The lowest BCUT2D eigenvalue weighted by molar-refractivity contribution is 0.0994. The molecule has 0 spiro atoms. The molecule has 0 amide bonds. The Bertz CT molecular complexity index is 312. The van der Waals surface area contributed by atoms with Gasteiger partial charge in [0, 0.05) is 0 Å². The molecule has 1 aromatic carbocycles. The second-order valence-corrected chi connectivity index (χ2v) is 3.57. The maximum absolute atomic E-state index is 12.7. The van der Waals surface area contributed by atoms with E-state index in [4.69, 9.17) is 0 Å². The van der Waals surface area contributed by atoms with E-state index in [9.17, 15) is 8.78 Å². The minimum absolute atomic E-state index is 0.670. The van der Waals surface area contributed by atoms with Gasteiger partial charge in [0.25, 0.3) is 6.43 Å². The number of hydrogen-bond acceptors (Lipinski definition) is 1. The minimum Gasteiger partial charge on any atom is -0.305 e. The maximum Gasteiger partial charge on any atom is 0.257 e. The van der Waals surface area contributed by atoms with Crippen LogP contribution in [0.4, 0.5) is 8.78 Å². The molecule has 1 aromatic rings. The van der Waals surface area contributed by atoms with Gasteiger partial charge in [-0.15, -0.1) is 0 Å². The van der Waals surface area contributed by atoms with E-state index >= 15 is 0 Å². The summed E-state index contributed by atoms with van der Waals surface area (Å²) in [5.41, 5.74) is 1.82. The summed E-state index contributed by atoms with van der Waals surface area (Å²) in [5, 5.41) is 2.89. The van der Waals surface area contributed by atoms with Crippen LogP contribution in [-0.2, 0) is 6.42 Å². The Morgan fingerprint density at radius 2 is 2.07 bits per heavy atom. The lowest BCUT2D eigenvalue weighted by atomic mass is 9.99. The predicted octanol–water partition coefficient (Wildman–Crippen LogP) is 2.53. The second kappa shape index (κ2) is 4.05. The SMILES string of the molecule is FC(F)C1NCCCc2ccccc21. The molecule has 76 valence electrons. The molecule has 1 N–H and O–H groups in total. The summed E-state index contributed by atoms with van der Waals surface area (Å²) >= 11 is 0. The molecule has 0 bridgehead atoms. The van der Waals surface area contributed by atoms with Crippen molar-refractivity contribution < 1.29 is 8.78 Å². The Morgan fingerprint density at radius 1 is 1.29 bits per heavy atom. The highest BCUT2D eigenvalue weighted by Crippen LogP contribution is 2.26. The number of rotatable bonds is 1. The molecular formula is C11H13F2N. The van der Waals surface area contributed by atoms with Crippen LogP contribution in [0.2, 0.25) is 0 Å². The second-order valence-electron chi connectivity index (χ2n) is 3.57. The number of halogens is 2. The Morgan fingerprint density at radius 3 is 2.86 bits per heavy atom. The topological polar surface area (TPSA) is 12.0 Å². The fraction of sp³-hybridized carbons (Fsp3) is 0.455. The highest BCUT2D eigenvalue weighted by Gasteiger charge is 2.25. The number of alkyl halides is 2. The molecule has 0 aliphatic carbocycles. The molecule has 2 rings (SSSR count). The Kier molecular flexibility index (Phi) is 2.77. The summed E-state index contributed by atoms with van der Waals surface area (Å²) in [4.78, 5) is 0. The average Bonchev–Trinajstić information content (AvgIpc) is 2.39. The maximum atomic E-state index is 12.7. The third kappa shape index (κ3) is 1.77. The van der Waals surface area contributed by atoms with Gasteiger partial charge in [0.15, 0.2) is 0 Å². The van der Waals surface area contributed by atoms with E-state index in [-0.39, 0.29) is 0 Å². The average molecular weight is 197 g/mol. The van der Waals surface area contributed by atoms with Gasteiger partial charge in [-0.1, -0.05) is 24.3 Å². The van der Waals surface area contributed by atoms with Crippen LogP contribution in [0.25, 0.3) is 0 Å². The van der Waals surface area contributed by atoms with Crippen molar-refractivity contribution in [1.29, 1.82) is 0 Å². The van der Waals surface area contributed by atoms with Gasteiger partial charge < -0.3 is 5.32 Å². The van der Waals surface area contributed by atoms with Gasteiger partial charge in [0.05, 0.1) is 6.04 Å². The first-order valence-electron chi connectivity index (χ1n) is 4.88. The zero-order chi connectivity index (χ0) is 9.97. The summed E-state index contributed by atoms with van der Waals surface area (Å²) in [5.74, 6) is 0. The first-order valence-corrected chi connectivity index (χ1v) is 4.88. The van der Waals surface area contributed by atoms with Crippen LogP contribution in [0.15, 0.2) is 24.3 Å². The van der Waals surface area contributed by atoms with Crippen molar-refractivity contribution in [3.05, 3.63) is 35.4 Å². The monoisotopic (exact) mass is 197 g/mol. The molecule has 3 heteroatoms. The quantitative estimate of drug-likeness (QED) is 0.729. The molecular weight excluding hydrogens is 184 g/mol. The summed E-state index contributed by atoms with van der Waals surface area (Å²) < 4.78 is 25.4. The fourth-order valence-corrected chi connectivity index (χ4v) is 1.94. The van der Waals surface area contributed by atoms with Crippen LogP contribution < -0.4 is 5.32 Å². The molecule has 0 aromatic heterocycles. The molecule has 0 saturated carbocycles. The van der Waals surface area contributed by atoms with Crippen LogP contribution >= 0.6 is 0 Å². The Hall–Kier alpha value is -0.960. The fourth-order valence-electron chi connectivity index (χ4n) is 1.94. The van der Waals surface area contributed by atoms with E-state index in [0.29, 0.717) is 6.54 Å². The lowest BCUT2D eigenvalue weighted by Crippen LogP contribution is -2.26. The van der Waals surface area contributed by atoms with Crippen molar-refractivity contribution in [2.24, 2.45) is 0 Å². The first-order chi connectivity index (χ1) is 6.79. The summed E-state index contributed by atoms with van der Waals surface area (Å²) in [7, 11) is 0. The van der Waals surface area contributed by atoms with E-state index < -0.39 is 12.5 Å². The van der Waals surface area contributed by atoms with Gasteiger partial charge in [-0.3, -0.25) is 0 Å². The molecule has 1 atom stereocenters. The first kappa shape index (κ1) is 9.59. The number of nitrogens with one attached hydrogen (secondary N) is 1. The summed E-state index contributed by atoms with van der Waals surface area (Å²) in [6, 6.07) is 6.68. The number of benzene rings is 1. The predicted molar refractivity (Wildman–Crippen MR) is 51.5 cm³/mol. The van der Waals surface area contributed by atoms with Crippen molar-refractivity contribution in [1.82, 2.24) is 5.32 Å². The summed E-state index contributed by atoms with van der Waals surface area (Å²) in [6.07, 6.45) is -0.499. The molecule has 0 fully saturated rings. The molecule has 1 aliphatic heterocycles. The van der Waals surface area contributed by atoms with Gasteiger partial charge in [0.1, 0.15) is 0 Å². The van der Waals surface area contributed by atoms with Crippen LogP contribution in [0.3, 0.4) is 0 Å². The van der Waals surface area contributed by atoms with E-state index in [1.54, 1.807) is 6.07 Å². The molecule has 14 heavy (non-hydrogen) atoms. The number of aryl methyl sites for hydroxylation is 1. The van der Waals surface area contributed by atoms with Crippen LogP contribution in [0.5, 0.6) is 0 Å². The van der Waals surface area contributed by atoms with Gasteiger partial charge in [-0.05, 0) is 30.5 Å². The zero-order valence-corrected chi connectivity index (χ0v) is 7.84.